The number of amides is 3. The molecular formula is C24H35N5O5S. The van der Waals surface area contributed by atoms with E-state index in [2.05, 4.69) is 33.6 Å². The molecule has 10 nitrogen and oxygen atoms in total. The van der Waals surface area contributed by atoms with Crippen molar-refractivity contribution >= 4 is 47.2 Å². The second-order valence-electron chi connectivity index (χ2n) is 9.21. The van der Waals surface area contributed by atoms with E-state index in [1.165, 1.54) is 0 Å². The van der Waals surface area contributed by atoms with Crippen molar-refractivity contribution in [3.05, 3.63) is 36.0 Å². The first-order chi connectivity index (χ1) is 16.5. The van der Waals surface area contributed by atoms with Gasteiger partial charge in [0.1, 0.15) is 18.1 Å². The molecule has 0 fully saturated rings. The SMILES string of the molecule is CC(C)C(N)C(=O)NC(Cc1c[nH]c2ccccc12)C(=O)NC(CS)C(=O)NC(C(=O)O)C(C)C. The number of aromatic nitrogens is 1. The molecule has 0 spiro atoms. The Kier molecular flexibility index (Phi) is 10.1. The summed E-state index contributed by atoms with van der Waals surface area (Å²) in [5.74, 6) is -3.52. The summed E-state index contributed by atoms with van der Waals surface area (Å²) in [6.45, 7) is 6.93. The Bertz CT molecular complexity index is 1050. The number of carboxylic acids is 1. The number of carboxylic acid groups (broad SMARTS) is 1. The van der Waals surface area contributed by atoms with E-state index < -0.39 is 47.9 Å². The average Bonchev–Trinajstić information content (AvgIpc) is 3.21. The maximum atomic E-state index is 13.3. The summed E-state index contributed by atoms with van der Waals surface area (Å²) in [6.07, 6.45) is 1.92. The smallest absolute Gasteiger partial charge is 0.326 e. The van der Waals surface area contributed by atoms with Gasteiger partial charge in [-0.05, 0) is 23.5 Å². The summed E-state index contributed by atoms with van der Waals surface area (Å²) in [7, 11) is 0. The molecule has 0 aliphatic carbocycles. The molecule has 192 valence electrons. The zero-order chi connectivity index (χ0) is 26.3. The third-order valence-electron chi connectivity index (χ3n) is 5.80. The van der Waals surface area contributed by atoms with E-state index in [0.717, 1.165) is 16.5 Å². The van der Waals surface area contributed by atoms with Gasteiger partial charge in [0.2, 0.25) is 17.7 Å². The van der Waals surface area contributed by atoms with Gasteiger partial charge in [0.15, 0.2) is 0 Å². The van der Waals surface area contributed by atoms with Crippen LogP contribution in [0.2, 0.25) is 0 Å². The summed E-state index contributed by atoms with van der Waals surface area (Å²) < 4.78 is 0. The van der Waals surface area contributed by atoms with Gasteiger partial charge < -0.3 is 31.8 Å². The topological polar surface area (TPSA) is 166 Å². The van der Waals surface area contributed by atoms with Gasteiger partial charge in [-0.2, -0.15) is 12.6 Å². The number of carbonyl (C=O) groups excluding carboxylic acids is 3. The number of benzene rings is 1. The molecule has 1 heterocycles. The van der Waals surface area contributed by atoms with Crippen molar-refractivity contribution in [2.24, 2.45) is 17.6 Å². The minimum atomic E-state index is -1.18. The third-order valence-corrected chi connectivity index (χ3v) is 6.16. The first-order valence-corrected chi connectivity index (χ1v) is 12.1. The van der Waals surface area contributed by atoms with E-state index in [0.29, 0.717) is 0 Å². The molecule has 0 aliphatic rings. The normalized spacial score (nSPS) is 14.9. The Morgan fingerprint density at radius 1 is 0.943 bits per heavy atom. The van der Waals surface area contributed by atoms with Gasteiger partial charge in [0.25, 0.3) is 0 Å². The molecule has 0 radical (unpaired) electrons. The van der Waals surface area contributed by atoms with Gasteiger partial charge in [-0.15, -0.1) is 0 Å². The van der Waals surface area contributed by atoms with Crippen LogP contribution in [0.25, 0.3) is 10.9 Å². The molecule has 3 amide bonds. The Labute approximate surface area is 210 Å². The van der Waals surface area contributed by atoms with Crippen molar-refractivity contribution in [3.8, 4) is 0 Å². The minimum absolute atomic E-state index is 0.0682. The number of aromatic amines is 1. The lowest BCUT2D eigenvalue weighted by Crippen LogP contribution is -2.59. The highest BCUT2D eigenvalue weighted by molar-refractivity contribution is 7.80. The highest BCUT2D eigenvalue weighted by Crippen LogP contribution is 2.19. The molecule has 1 aromatic carbocycles. The number of thiol groups is 1. The number of aliphatic carboxylic acids is 1. The summed E-state index contributed by atoms with van der Waals surface area (Å²) in [4.78, 5) is 53.3. The third kappa shape index (κ3) is 7.46. The van der Waals surface area contributed by atoms with Crippen LogP contribution in [-0.4, -0.2) is 63.7 Å². The number of nitrogens with one attached hydrogen (secondary N) is 4. The Morgan fingerprint density at radius 3 is 2.11 bits per heavy atom. The van der Waals surface area contributed by atoms with Crippen molar-refractivity contribution in [1.82, 2.24) is 20.9 Å². The number of rotatable bonds is 12. The number of para-hydroxylation sites is 1. The molecule has 0 bridgehead atoms. The zero-order valence-corrected chi connectivity index (χ0v) is 21.3. The van der Waals surface area contributed by atoms with E-state index in [1.54, 1.807) is 33.9 Å². The summed E-state index contributed by atoms with van der Waals surface area (Å²) >= 11 is 4.16. The van der Waals surface area contributed by atoms with Gasteiger partial charge >= 0.3 is 5.97 Å². The van der Waals surface area contributed by atoms with E-state index in [9.17, 15) is 24.3 Å². The molecular weight excluding hydrogens is 470 g/mol. The predicted molar refractivity (Wildman–Crippen MR) is 137 cm³/mol. The predicted octanol–water partition coefficient (Wildman–Crippen LogP) is 0.819. The molecule has 4 atom stereocenters. The quantitative estimate of drug-likeness (QED) is 0.211. The van der Waals surface area contributed by atoms with Crippen LogP contribution in [0, 0.1) is 11.8 Å². The van der Waals surface area contributed by atoms with Gasteiger partial charge in [0, 0.05) is 29.3 Å². The maximum absolute atomic E-state index is 13.3. The van der Waals surface area contributed by atoms with Crippen molar-refractivity contribution in [3.63, 3.8) is 0 Å². The standard InChI is InChI=1S/C24H35N5O5S/c1-12(2)19(25)23(32)27-17(9-14-10-26-16-8-6-5-7-15(14)16)21(30)28-18(11-35)22(31)29-20(13(3)4)24(33)34/h5-8,10,12-13,17-20,26,35H,9,11,25H2,1-4H3,(H,27,32)(H,28,30)(H,29,31)(H,33,34). The fourth-order valence-electron chi connectivity index (χ4n) is 3.53. The van der Waals surface area contributed by atoms with Crippen LogP contribution in [0.3, 0.4) is 0 Å². The van der Waals surface area contributed by atoms with Gasteiger partial charge in [-0.25, -0.2) is 4.79 Å². The summed E-state index contributed by atoms with van der Waals surface area (Å²) in [5, 5.41) is 18.0. The Balaban J connectivity index is 2.25. The van der Waals surface area contributed by atoms with Crippen molar-refractivity contribution < 1.29 is 24.3 Å². The van der Waals surface area contributed by atoms with E-state index in [1.807, 2.05) is 24.3 Å². The molecule has 2 aromatic rings. The Morgan fingerprint density at radius 2 is 1.54 bits per heavy atom. The fraction of sp³-hybridized carbons (Fsp3) is 0.500. The molecule has 7 N–H and O–H groups in total. The molecule has 0 aliphatic heterocycles. The van der Waals surface area contributed by atoms with Crippen LogP contribution in [0.4, 0.5) is 0 Å². The van der Waals surface area contributed by atoms with Crippen molar-refractivity contribution in [2.75, 3.05) is 5.75 Å². The second kappa shape index (κ2) is 12.6. The van der Waals surface area contributed by atoms with Gasteiger partial charge in [-0.3, -0.25) is 14.4 Å². The number of hydrogen-bond acceptors (Lipinski definition) is 6. The number of nitrogens with two attached hydrogens (primary N) is 1. The van der Waals surface area contributed by atoms with Crippen LogP contribution >= 0.6 is 12.6 Å². The molecule has 2 rings (SSSR count). The van der Waals surface area contributed by atoms with E-state index in [4.69, 9.17) is 5.73 Å². The van der Waals surface area contributed by atoms with Crippen molar-refractivity contribution in [1.29, 1.82) is 0 Å². The Hall–Kier alpha value is -3.05. The molecule has 35 heavy (non-hydrogen) atoms. The summed E-state index contributed by atoms with van der Waals surface area (Å²) in [6, 6.07) is 3.49. The first-order valence-electron chi connectivity index (χ1n) is 11.5. The largest absolute Gasteiger partial charge is 0.480 e. The number of fused-ring (bicyclic) bond motifs is 1. The van der Waals surface area contributed by atoms with Crippen LogP contribution in [0.5, 0.6) is 0 Å². The lowest BCUT2D eigenvalue weighted by atomic mass is 10.0. The van der Waals surface area contributed by atoms with Crippen LogP contribution in [-0.2, 0) is 25.6 Å². The van der Waals surface area contributed by atoms with Crippen molar-refractivity contribution in [2.45, 2.75) is 58.3 Å². The monoisotopic (exact) mass is 505 g/mol. The molecule has 4 unspecified atom stereocenters. The van der Waals surface area contributed by atoms with Gasteiger partial charge in [-0.1, -0.05) is 45.9 Å². The maximum Gasteiger partial charge on any atom is 0.326 e. The fourth-order valence-corrected chi connectivity index (χ4v) is 3.79. The van der Waals surface area contributed by atoms with E-state index in [-0.39, 0.29) is 24.0 Å². The summed E-state index contributed by atoms with van der Waals surface area (Å²) in [5.41, 5.74) is 7.66. The van der Waals surface area contributed by atoms with Gasteiger partial charge in [0.05, 0.1) is 6.04 Å². The number of carbonyl (C=O) groups is 4. The highest BCUT2D eigenvalue weighted by Gasteiger charge is 2.31. The molecule has 0 saturated heterocycles. The highest BCUT2D eigenvalue weighted by atomic mass is 32.1. The molecule has 11 heteroatoms. The van der Waals surface area contributed by atoms with Crippen LogP contribution < -0.4 is 21.7 Å². The minimum Gasteiger partial charge on any atom is -0.480 e. The molecule has 0 saturated carbocycles. The average molecular weight is 506 g/mol. The van der Waals surface area contributed by atoms with Crippen LogP contribution in [0.1, 0.15) is 33.3 Å². The zero-order valence-electron chi connectivity index (χ0n) is 20.4. The first kappa shape index (κ1) is 28.2. The van der Waals surface area contributed by atoms with Crippen LogP contribution in [0.15, 0.2) is 30.5 Å². The number of hydrogen-bond donors (Lipinski definition) is 7. The lowest BCUT2D eigenvalue weighted by molar-refractivity contribution is -0.143. The van der Waals surface area contributed by atoms with E-state index >= 15 is 0 Å². The second-order valence-corrected chi connectivity index (χ2v) is 9.57. The lowest BCUT2D eigenvalue weighted by Gasteiger charge is -2.25. The number of H-pyrrole nitrogens is 1. The molecule has 1 aromatic heterocycles.